The van der Waals surface area contributed by atoms with Gasteiger partial charge in [0, 0.05) is 48.3 Å². The lowest BCUT2D eigenvalue weighted by molar-refractivity contribution is -0.124. The molecule has 0 radical (unpaired) electrons. The van der Waals surface area contributed by atoms with Crippen molar-refractivity contribution in [3.63, 3.8) is 0 Å². The lowest BCUT2D eigenvalue weighted by Crippen LogP contribution is -2.46. The molecule has 1 aliphatic rings. The fraction of sp³-hybridized carbons (Fsp3) is 0.409. The van der Waals surface area contributed by atoms with Gasteiger partial charge in [0.25, 0.3) is 0 Å². The number of hydrogen-bond donors (Lipinski definition) is 3. The number of aromatic nitrogens is 1. The van der Waals surface area contributed by atoms with E-state index < -0.39 is 12.8 Å². The van der Waals surface area contributed by atoms with Crippen molar-refractivity contribution in [1.29, 1.82) is 0 Å². The average Bonchev–Trinajstić information content (AvgIpc) is 2.77. The maximum absolute atomic E-state index is 12.4. The molecule has 2 unspecified atom stereocenters. The third-order valence-corrected chi connectivity index (χ3v) is 5.23. The van der Waals surface area contributed by atoms with Crippen molar-refractivity contribution >= 4 is 23.4 Å². The van der Waals surface area contributed by atoms with E-state index in [9.17, 15) is 14.0 Å². The monoisotopic (exact) mass is 448 g/mol. The Hall–Kier alpha value is -2.71. The number of nitrogens with zero attached hydrogens (tertiary/aromatic N) is 1. The molecule has 2 aromatic rings. The summed E-state index contributed by atoms with van der Waals surface area (Å²) in [5.41, 5.74) is 2.42. The molecule has 0 saturated carbocycles. The molecule has 31 heavy (non-hydrogen) atoms. The SMILES string of the molecule is CCCC(=O)NCc1ccc(Cl)c(C2NC(=O)CC(c3ccc(OCCF)nc3)N2)c1. The highest BCUT2D eigenvalue weighted by Gasteiger charge is 2.29. The largest absolute Gasteiger partial charge is 0.475 e. The molecule has 1 saturated heterocycles. The Balaban J connectivity index is 1.72. The van der Waals surface area contributed by atoms with E-state index in [0.717, 1.165) is 23.1 Å². The minimum absolute atomic E-state index is 0.00500. The number of carbonyl (C=O) groups is 2. The van der Waals surface area contributed by atoms with Crippen LogP contribution < -0.4 is 20.7 Å². The molecule has 2 amide bonds. The molecular formula is C22H26ClFN4O3. The molecule has 9 heteroatoms. The maximum atomic E-state index is 12.4. The summed E-state index contributed by atoms with van der Waals surface area (Å²) in [6.07, 6.45) is 2.63. The number of ether oxygens (including phenoxy) is 1. The Labute approximate surface area is 185 Å². The number of hydrogen-bond acceptors (Lipinski definition) is 5. The lowest BCUT2D eigenvalue weighted by atomic mass is 9.99. The molecule has 0 aliphatic carbocycles. The van der Waals surface area contributed by atoms with Gasteiger partial charge in [-0.05, 0) is 29.7 Å². The van der Waals surface area contributed by atoms with E-state index >= 15 is 0 Å². The summed E-state index contributed by atoms with van der Waals surface area (Å²) in [5.74, 6) is 0.206. The third-order valence-electron chi connectivity index (χ3n) is 4.89. The number of amides is 2. The standard InChI is InChI=1S/C22H26ClFN4O3/c1-2-3-19(29)25-12-14-4-6-17(23)16(10-14)22-27-18(11-20(30)28-22)15-5-7-21(26-13-15)31-9-8-24/h4-7,10,13,18,22,27H,2-3,8-9,11-12H2,1H3,(H,25,29)(H,28,30). The molecule has 2 atom stereocenters. The van der Waals surface area contributed by atoms with Gasteiger partial charge < -0.3 is 15.4 Å². The molecule has 1 aromatic heterocycles. The van der Waals surface area contributed by atoms with Crippen molar-refractivity contribution in [1.82, 2.24) is 20.9 Å². The van der Waals surface area contributed by atoms with Gasteiger partial charge >= 0.3 is 0 Å². The predicted octanol–water partition coefficient (Wildman–Crippen LogP) is 3.35. The summed E-state index contributed by atoms with van der Waals surface area (Å²) in [6.45, 7) is 1.70. The van der Waals surface area contributed by atoms with Gasteiger partial charge in [-0.3, -0.25) is 14.9 Å². The summed E-state index contributed by atoms with van der Waals surface area (Å²) in [4.78, 5) is 28.3. The molecule has 1 fully saturated rings. The molecular weight excluding hydrogens is 423 g/mol. The Morgan fingerprint density at radius 2 is 2.19 bits per heavy atom. The number of carbonyl (C=O) groups excluding carboxylic acids is 2. The topological polar surface area (TPSA) is 92.4 Å². The molecule has 0 bridgehead atoms. The van der Waals surface area contributed by atoms with Gasteiger partial charge in [-0.15, -0.1) is 0 Å². The van der Waals surface area contributed by atoms with Crippen LogP contribution in [0.1, 0.15) is 55.1 Å². The van der Waals surface area contributed by atoms with Crippen LogP contribution in [0.3, 0.4) is 0 Å². The molecule has 7 nitrogen and oxygen atoms in total. The normalized spacial score (nSPS) is 18.4. The second-order valence-corrected chi connectivity index (χ2v) is 7.68. The first-order chi connectivity index (χ1) is 15.0. The second-order valence-electron chi connectivity index (χ2n) is 7.27. The maximum Gasteiger partial charge on any atom is 0.223 e. The highest BCUT2D eigenvalue weighted by Crippen LogP contribution is 2.30. The quantitative estimate of drug-likeness (QED) is 0.547. The van der Waals surface area contributed by atoms with Gasteiger partial charge in [-0.2, -0.15) is 0 Å². The molecule has 3 rings (SSSR count). The van der Waals surface area contributed by atoms with Crippen LogP contribution in [0.4, 0.5) is 4.39 Å². The van der Waals surface area contributed by atoms with Crippen molar-refractivity contribution in [2.75, 3.05) is 13.3 Å². The summed E-state index contributed by atoms with van der Waals surface area (Å²) in [6, 6.07) is 8.66. The van der Waals surface area contributed by atoms with E-state index in [-0.39, 0.29) is 30.9 Å². The van der Waals surface area contributed by atoms with Crippen LogP contribution >= 0.6 is 11.6 Å². The van der Waals surface area contributed by atoms with Crippen molar-refractivity contribution < 1.29 is 18.7 Å². The zero-order valence-corrected chi connectivity index (χ0v) is 18.0. The van der Waals surface area contributed by atoms with Crippen molar-refractivity contribution in [3.05, 3.63) is 58.2 Å². The van der Waals surface area contributed by atoms with Gasteiger partial charge in [0.1, 0.15) is 19.4 Å². The molecule has 3 N–H and O–H groups in total. The van der Waals surface area contributed by atoms with Gasteiger partial charge in [-0.1, -0.05) is 30.7 Å². The highest BCUT2D eigenvalue weighted by atomic mass is 35.5. The van der Waals surface area contributed by atoms with Crippen LogP contribution in [0.5, 0.6) is 5.88 Å². The zero-order valence-electron chi connectivity index (χ0n) is 17.3. The highest BCUT2D eigenvalue weighted by molar-refractivity contribution is 6.31. The van der Waals surface area contributed by atoms with Crippen LogP contribution in [0.25, 0.3) is 0 Å². The second kappa shape index (κ2) is 11.1. The van der Waals surface area contributed by atoms with E-state index in [1.54, 1.807) is 24.4 Å². The van der Waals surface area contributed by atoms with Crippen LogP contribution in [0, 0.1) is 0 Å². The number of rotatable bonds is 9. The predicted molar refractivity (Wildman–Crippen MR) is 115 cm³/mol. The Morgan fingerprint density at radius 3 is 2.90 bits per heavy atom. The van der Waals surface area contributed by atoms with Gasteiger partial charge in [0.05, 0.1) is 0 Å². The summed E-state index contributed by atoms with van der Waals surface area (Å²) >= 11 is 6.41. The fourth-order valence-electron chi connectivity index (χ4n) is 3.36. The van der Waals surface area contributed by atoms with Gasteiger partial charge in [0.15, 0.2) is 0 Å². The van der Waals surface area contributed by atoms with Crippen LogP contribution in [0.15, 0.2) is 36.5 Å². The van der Waals surface area contributed by atoms with E-state index in [1.807, 2.05) is 19.1 Å². The molecule has 2 heterocycles. The summed E-state index contributed by atoms with van der Waals surface area (Å²) in [7, 11) is 0. The molecule has 0 spiro atoms. The smallest absolute Gasteiger partial charge is 0.223 e. The first-order valence-electron chi connectivity index (χ1n) is 10.2. The van der Waals surface area contributed by atoms with Gasteiger partial charge in [-0.25, -0.2) is 9.37 Å². The zero-order chi connectivity index (χ0) is 22.2. The van der Waals surface area contributed by atoms with E-state index in [4.69, 9.17) is 16.3 Å². The molecule has 1 aromatic carbocycles. The van der Waals surface area contributed by atoms with E-state index in [0.29, 0.717) is 23.9 Å². The first-order valence-corrected chi connectivity index (χ1v) is 10.6. The van der Waals surface area contributed by atoms with Crippen LogP contribution in [-0.4, -0.2) is 30.1 Å². The van der Waals surface area contributed by atoms with Crippen molar-refractivity contribution in [2.45, 2.75) is 44.9 Å². The number of alkyl halides is 1. The van der Waals surface area contributed by atoms with Crippen molar-refractivity contribution in [2.24, 2.45) is 0 Å². The van der Waals surface area contributed by atoms with Crippen molar-refractivity contribution in [3.8, 4) is 5.88 Å². The Morgan fingerprint density at radius 1 is 1.35 bits per heavy atom. The van der Waals surface area contributed by atoms with E-state index in [1.165, 1.54) is 0 Å². The average molecular weight is 449 g/mol. The van der Waals surface area contributed by atoms with Crippen LogP contribution in [-0.2, 0) is 16.1 Å². The number of halogens is 2. The lowest BCUT2D eigenvalue weighted by Gasteiger charge is -2.32. The number of pyridine rings is 1. The number of nitrogens with one attached hydrogen (secondary N) is 3. The Bertz CT molecular complexity index is 910. The first kappa shape index (κ1) is 23.0. The summed E-state index contributed by atoms with van der Waals surface area (Å²) < 4.78 is 17.4. The number of benzene rings is 1. The minimum atomic E-state index is -0.586. The molecule has 1 aliphatic heterocycles. The van der Waals surface area contributed by atoms with Crippen LogP contribution in [0.2, 0.25) is 5.02 Å². The fourth-order valence-corrected chi connectivity index (χ4v) is 3.58. The van der Waals surface area contributed by atoms with E-state index in [2.05, 4.69) is 20.9 Å². The minimum Gasteiger partial charge on any atom is -0.475 e. The third kappa shape index (κ3) is 6.38. The Kier molecular flexibility index (Phi) is 8.20. The van der Waals surface area contributed by atoms with Gasteiger partial charge in [0.2, 0.25) is 17.7 Å². The summed E-state index contributed by atoms with van der Waals surface area (Å²) in [5, 5.41) is 9.69. The molecule has 166 valence electrons.